The molecule has 1 aliphatic rings. The van der Waals surface area contributed by atoms with Crippen molar-refractivity contribution in [3.8, 4) is 0 Å². The maximum absolute atomic E-state index is 13.1. The number of aryl methyl sites for hydroxylation is 1. The summed E-state index contributed by atoms with van der Waals surface area (Å²) in [5.41, 5.74) is 1.96. The van der Waals surface area contributed by atoms with E-state index in [1.807, 2.05) is 79.7 Å². The predicted molar refractivity (Wildman–Crippen MR) is 93.9 cm³/mol. The van der Waals surface area contributed by atoms with E-state index in [4.69, 9.17) is 0 Å². The lowest BCUT2D eigenvalue weighted by Gasteiger charge is -2.35. The molecule has 0 radical (unpaired) electrons. The van der Waals surface area contributed by atoms with Crippen molar-refractivity contribution in [2.45, 2.75) is 12.6 Å². The Hall–Kier alpha value is -2.91. The molecule has 0 spiro atoms. The van der Waals surface area contributed by atoms with Gasteiger partial charge in [-0.3, -0.25) is 9.69 Å². The van der Waals surface area contributed by atoms with Crippen molar-refractivity contribution in [2.75, 3.05) is 4.90 Å². The number of rotatable bonds is 2. The molecular weight excluding hydrogens is 298 g/mol. The van der Waals surface area contributed by atoms with Gasteiger partial charge in [0.05, 0.1) is 5.69 Å². The zero-order chi connectivity index (χ0) is 16.7. The molecule has 0 aromatic heterocycles. The van der Waals surface area contributed by atoms with E-state index in [0.29, 0.717) is 22.4 Å². The summed E-state index contributed by atoms with van der Waals surface area (Å²) in [6.45, 7) is 1.94. The highest BCUT2D eigenvalue weighted by molar-refractivity contribution is 6.12. The van der Waals surface area contributed by atoms with Crippen LogP contribution in [-0.2, 0) is 5.72 Å². The molecule has 0 saturated heterocycles. The number of nitrogens with zero attached hydrogens (tertiary/aromatic N) is 1. The molecule has 1 atom stereocenters. The van der Waals surface area contributed by atoms with E-state index < -0.39 is 5.72 Å². The van der Waals surface area contributed by atoms with Gasteiger partial charge in [0.25, 0.3) is 5.91 Å². The molecule has 24 heavy (non-hydrogen) atoms. The topological polar surface area (TPSA) is 40.5 Å². The third-order valence-corrected chi connectivity index (χ3v) is 4.59. The highest BCUT2D eigenvalue weighted by atomic mass is 16.3. The van der Waals surface area contributed by atoms with Gasteiger partial charge in [0.2, 0.25) is 0 Å². The molecule has 1 unspecified atom stereocenters. The summed E-state index contributed by atoms with van der Waals surface area (Å²) in [4.78, 5) is 14.6. The number of carbonyl (C=O) groups excluding carboxylic acids is 1. The fourth-order valence-corrected chi connectivity index (χ4v) is 3.41. The Morgan fingerprint density at radius 3 is 2.21 bits per heavy atom. The fraction of sp³-hybridized carbons (Fsp3) is 0.0952. The van der Waals surface area contributed by atoms with Gasteiger partial charge in [-0.15, -0.1) is 0 Å². The van der Waals surface area contributed by atoms with Crippen LogP contribution in [0.4, 0.5) is 5.69 Å². The van der Waals surface area contributed by atoms with Gasteiger partial charge in [-0.2, -0.15) is 0 Å². The molecule has 0 saturated carbocycles. The summed E-state index contributed by atoms with van der Waals surface area (Å²) in [6, 6.07) is 24.2. The van der Waals surface area contributed by atoms with Crippen molar-refractivity contribution in [1.82, 2.24) is 0 Å². The van der Waals surface area contributed by atoms with Crippen molar-refractivity contribution in [2.24, 2.45) is 0 Å². The number of amides is 1. The van der Waals surface area contributed by atoms with Gasteiger partial charge in [0, 0.05) is 16.7 Å². The molecule has 1 N–H and O–H groups in total. The van der Waals surface area contributed by atoms with Crippen LogP contribution < -0.4 is 4.90 Å². The van der Waals surface area contributed by atoms with E-state index in [9.17, 15) is 9.90 Å². The average molecular weight is 315 g/mol. The number of hydrogen-bond acceptors (Lipinski definition) is 2. The number of fused-ring (bicyclic) bond motifs is 1. The molecule has 0 aliphatic carbocycles. The number of hydrogen-bond donors (Lipinski definition) is 1. The van der Waals surface area contributed by atoms with Gasteiger partial charge in [0.1, 0.15) is 0 Å². The monoisotopic (exact) mass is 315 g/mol. The second kappa shape index (κ2) is 5.32. The van der Waals surface area contributed by atoms with Crippen molar-refractivity contribution < 1.29 is 9.90 Å². The Bertz CT molecular complexity index is 920. The second-order valence-corrected chi connectivity index (χ2v) is 6.01. The van der Waals surface area contributed by atoms with Crippen LogP contribution in [0, 0.1) is 6.92 Å². The molecule has 3 nitrogen and oxygen atoms in total. The first-order valence-electron chi connectivity index (χ1n) is 7.91. The standard InChI is InChI=1S/C21H17NO2/c1-15-9-5-8-14-19(15)22-20(23)17-12-6-7-13-18(17)21(22,24)16-10-3-2-4-11-16/h2-14,24H,1H3. The van der Waals surface area contributed by atoms with E-state index in [0.717, 1.165) is 5.56 Å². The third-order valence-electron chi connectivity index (χ3n) is 4.59. The highest BCUT2D eigenvalue weighted by Crippen LogP contribution is 2.45. The fourth-order valence-electron chi connectivity index (χ4n) is 3.41. The van der Waals surface area contributed by atoms with Crippen molar-refractivity contribution in [3.05, 3.63) is 101 Å². The molecule has 0 bridgehead atoms. The van der Waals surface area contributed by atoms with Gasteiger partial charge in [0.15, 0.2) is 5.72 Å². The third kappa shape index (κ3) is 1.92. The molecule has 3 heteroatoms. The lowest BCUT2D eigenvalue weighted by atomic mass is 9.93. The molecule has 1 aliphatic heterocycles. The van der Waals surface area contributed by atoms with Crippen LogP contribution in [0.1, 0.15) is 27.0 Å². The molecule has 4 rings (SSSR count). The van der Waals surface area contributed by atoms with E-state index in [-0.39, 0.29) is 5.91 Å². The Labute approximate surface area is 140 Å². The SMILES string of the molecule is Cc1ccccc1N1C(=O)c2ccccc2C1(O)c1ccccc1. The summed E-state index contributed by atoms with van der Waals surface area (Å²) in [5, 5.41) is 11.7. The predicted octanol–water partition coefficient (Wildman–Crippen LogP) is 3.85. The normalized spacial score (nSPS) is 19.4. The van der Waals surface area contributed by atoms with Gasteiger partial charge >= 0.3 is 0 Å². The maximum Gasteiger partial charge on any atom is 0.261 e. The number of anilines is 1. The van der Waals surface area contributed by atoms with Gasteiger partial charge < -0.3 is 5.11 Å². The quantitative estimate of drug-likeness (QED) is 0.780. The highest BCUT2D eigenvalue weighted by Gasteiger charge is 2.50. The molecule has 3 aromatic rings. The van der Waals surface area contributed by atoms with E-state index in [1.165, 1.54) is 4.90 Å². The lowest BCUT2D eigenvalue weighted by molar-refractivity contribution is 0.0702. The van der Waals surface area contributed by atoms with Gasteiger partial charge in [-0.05, 0) is 24.6 Å². The van der Waals surface area contributed by atoms with Crippen molar-refractivity contribution in [1.29, 1.82) is 0 Å². The first kappa shape index (κ1) is 14.7. The van der Waals surface area contributed by atoms with Crippen LogP contribution in [0.2, 0.25) is 0 Å². The Balaban J connectivity index is 2.03. The zero-order valence-corrected chi connectivity index (χ0v) is 13.3. The van der Waals surface area contributed by atoms with Gasteiger partial charge in [-0.25, -0.2) is 0 Å². The van der Waals surface area contributed by atoms with Crippen molar-refractivity contribution >= 4 is 11.6 Å². The zero-order valence-electron chi connectivity index (χ0n) is 13.3. The first-order valence-corrected chi connectivity index (χ1v) is 7.91. The van der Waals surface area contributed by atoms with Crippen LogP contribution >= 0.6 is 0 Å². The molecule has 1 heterocycles. The largest absolute Gasteiger partial charge is 0.363 e. The summed E-state index contributed by atoms with van der Waals surface area (Å²) in [5.74, 6) is -0.189. The Morgan fingerprint density at radius 2 is 1.46 bits per heavy atom. The van der Waals surface area contributed by atoms with Gasteiger partial charge in [-0.1, -0.05) is 66.7 Å². The number of benzene rings is 3. The van der Waals surface area contributed by atoms with Crippen molar-refractivity contribution in [3.63, 3.8) is 0 Å². The van der Waals surface area contributed by atoms with Crippen LogP contribution in [0.3, 0.4) is 0 Å². The smallest absolute Gasteiger partial charge is 0.261 e. The summed E-state index contributed by atoms with van der Waals surface area (Å²) in [6.07, 6.45) is 0. The Morgan fingerprint density at radius 1 is 0.833 bits per heavy atom. The molecule has 1 amide bonds. The number of para-hydroxylation sites is 1. The minimum atomic E-state index is -1.51. The second-order valence-electron chi connectivity index (χ2n) is 6.01. The van der Waals surface area contributed by atoms with Crippen LogP contribution in [-0.4, -0.2) is 11.0 Å². The summed E-state index contributed by atoms with van der Waals surface area (Å²) >= 11 is 0. The molecule has 3 aromatic carbocycles. The van der Waals surface area contributed by atoms with E-state index in [2.05, 4.69) is 0 Å². The van der Waals surface area contributed by atoms with Crippen LogP contribution in [0.25, 0.3) is 0 Å². The number of carbonyl (C=O) groups is 1. The maximum atomic E-state index is 13.1. The summed E-state index contributed by atoms with van der Waals surface area (Å²) in [7, 11) is 0. The minimum absolute atomic E-state index is 0.189. The summed E-state index contributed by atoms with van der Waals surface area (Å²) < 4.78 is 0. The van der Waals surface area contributed by atoms with Crippen LogP contribution in [0.15, 0.2) is 78.9 Å². The molecule has 0 fully saturated rings. The van der Waals surface area contributed by atoms with E-state index in [1.54, 1.807) is 6.07 Å². The van der Waals surface area contributed by atoms with E-state index >= 15 is 0 Å². The molecule has 118 valence electrons. The number of aliphatic hydroxyl groups is 1. The first-order chi connectivity index (χ1) is 11.6. The minimum Gasteiger partial charge on any atom is -0.363 e. The van der Waals surface area contributed by atoms with Crippen LogP contribution in [0.5, 0.6) is 0 Å². The lowest BCUT2D eigenvalue weighted by Crippen LogP contribution is -2.45. The average Bonchev–Trinajstić information content (AvgIpc) is 2.86. The molecular formula is C21H17NO2. The Kier molecular flexibility index (Phi) is 3.25.